The van der Waals surface area contributed by atoms with Crippen LogP contribution in [-0.2, 0) is 14.3 Å². The molecule has 0 aromatic heterocycles. The summed E-state index contributed by atoms with van der Waals surface area (Å²) in [5.41, 5.74) is -3.23. The smallest absolute Gasteiger partial charge is 0.343 e. The Bertz CT molecular complexity index is 985. The number of aliphatic hydroxyl groups excluding tert-OH is 2. The molecule has 1 aliphatic heterocycles. The second kappa shape index (κ2) is 6.74. The highest BCUT2D eigenvalue weighted by atomic mass is 16.6. The highest BCUT2D eigenvalue weighted by molar-refractivity contribution is 5.88. The van der Waals surface area contributed by atoms with E-state index in [-0.39, 0.29) is 52.1 Å². The number of carbonyl (C=O) groups excluding carboxylic acids is 2. The van der Waals surface area contributed by atoms with Crippen LogP contribution >= 0.6 is 0 Å². The number of carbonyl (C=O) groups is 2. The third-order valence-electron chi connectivity index (χ3n) is 12.4. The van der Waals surface area contributed by atoms with Crippen molar-refractivity contribution in [3.63, 3.8) is 0 Å². The van der Waals surface area contributed by atoms with Gasteiger partial charge in [-0.05, 0) is 80.1 Å². The number of aliphatic hydroxyl groups is 3. The topological polar surface area (TPSA) is 104 Å². The van der Waals surface area contributed by atoms with E-state index in [2.05, 4.69) is 20.8 Å². The monoisotopic (exact) mass is 472 g/mol. The normalized spacial score (nSPS) is 60.4. The standard InChI is InChI=1S/C28H40O6/c1-13-12-16-27(4,28(5,33)24(32)34-16)20-18(13)26(3)11-9-14-17(19(26)23(20)31)22(30)21(29)15-8-6-7-10-25(14,15)2/h12-15,17-20,22-23,30-31,33H,6-11H2,1-5H3/t13-,14+,15-,17-,18+,19-,20+,22-,23-,25-,26-,27+,28-/m1/s1. The Morgan fingerprint density at radius 2 is 1.65 bits per heavy atom. The van der Waals surface area contributed by atoms with Crippen molar-refractivity contribution < 1.29 is 29.6 Å². The van der Waals surface area contributed by atoms with Crippen LogP contribution in [0.15, 0.2) is 11.8 Å². The van der Waals surface area contributed by atoms with E-state index in [1.54, 1.807) is 0 Å². The molecule has 1 saturated heterocycles. The molecule has 0 amide bonds. The van der Waals surface area contributed by atoms with Crippen molar-refractivity contribution in [3.05, 3.63) is 11.8 Å². The molecule has 0 aromatic carbocycles. The first-order valence-corrected chi connectivity index (χ1v) is 13.4. The molecule has 5 aliphatic carbocycles. The lowest BCUT2D eigenvalue weighted by molar-refractivity contribution is -0.185. The Labute approximate surface area is 202 Å². The van der Waals surface area contributed by atoms with Crippen LogP contribution in [0.3, 0.4) is 0 Å². The first-order chi connectivity index (χ1) is 15.8. The SMILES string of the molecule is C[C@@H]1C=C2OC(=O)[C@@](C)(O)[C@]2(C)[C@@H]2[C@H](O)[C@H]3[C@@H]4[C@@H](O)C(=O)[C@H]5CCCC[C@]5(C)[C@H]4CC[C@]3(C)[C@H]21. The molecule has 188 valence electrons. The van der Waals surface area contributed by atoms with Gasteiger partial charge in [0, 0.05) is 17.8 Å². The Hall–Kier alpha value is -1.24. The van der Waals surface area contributed by atoms with Gasteiger partial charge >= 0.3 is 5.97 Å². The summed E-state index contributed by atoms with van der Waals surface area (Å²) in [5, 5.41) is 35.0. The first kappa shape index (κ1) is 23.2. The Balaban J connectivity index is 1.49. The molecule has 4 saturated carbocycles. The second-order valence-electron chi connectivity index (χ2n) is 13.5. The average Bonchev–Trinajstić information content (AvgIpc) is 3.12. The maximum absolute atomic E-state index is 13.5. The van der Waals surface area contributed by atoms with E-state index in [0.717, 1.165) is 38.5 Å². The summed E-state index contributed by atoms with van der Waals surface area (Å²) in [4.78, 5) is 26.3. The molecular weight excluding hydrogens is 432 g/mol. The predicted octanol–water partition coefficient (Wildman–Crippen LogP) is 3.23. The summed E-state index contributed by atoms with van der Waals surface area (Å²) in [6.45, 7) is 9.95. The van der Waals surface area contributed by atoms with Crippen molar-refractivity contribution in [1.82, 2.24) is 0 Å². The molecule has 1 heterocycles. The van der Waals surface area contributed by atoms with Crippen molar-refractivity contribution in [3.8, 4) is 0 Å². The minimum Gasteiger partial charge on any atom is -0.429 e. The van der Waals surface area contributed by atoms with Crippen molar-refractivity contribution in [2.75, 3.05) is 0 Å². The van der Waals surface area contributed by atoms with Gasteiger partial charge in [-0.15, -0.1) is 0 Å². The van der Waals surface area contributed by atoms with Crippen molar-refractivity contribution in [1.29, 1.82) is 0 Å². The summed E-state index contributed by atoms with van der Waals surface area (Å²) in [7, 11) is 0. The van der Waals surface area contributed by atoms with Crippen molar-refractivity contribution >= 4 is 11.8 Å². The quantitative estimate of drug-likeness (QED) is 0.468. The molecule has 0 aromatic rings. The molecule has 6 aliphatic rings. The lowest BCUT2D eigenvalue weighted by Gasteiger charge is -2.61. The lowest BCUT2D eigenvalue weighted by atomic mass is 9.43. The van der Waals surface area contributed by atoms with E-state index in [0.29, 0.717) is 5.76 Å². The summed E-state index contributed by atoms with van der Waals surface area (Å²) in [5.74, 6) is -1.01. The third-order valence-corrected chi connectivity index (χ3v) is 12.4. The van der Waals surface area contributed by atoms with Gasteiger partial charge in [0.2, 0.25) is 0 Å². The molecule has 0 spiro atoms. The van der Waals surface area contributed by atoms with Crippen LogP contribution in [-0.4, -0.2) is 44.9 Å². The van der Waals surface area contributed by atoms with Crippen LogP contribution in [0.25, 0.3) is 0 Å². The molecule has 5 fully saturated rings. The average molecular weight is 473 g/mol. The second-order valence-corrected chi connectivity index (χ2v) is 13.5. The molecule has 6 heteroatoms. The molecule has 0 unspecified atom stereocenters. The van der Waals surface area contributed by atoms with Gasteiger partial charge in [0.05, 0.1) is 11.5 Å². The van der Waals surface area contributed by atoms with Crippen LogP contribution in [0.4, 0.5) is 0 Å². The number of hydrogen-bond acceptors (Lipinski definition) is 6. The van der Waals surface area contributed by atoms with Gasteiger partial charge in [-0.2, -0.15) is 0 Å². The van der Waals surface area contributed by atoms with E-state index in [9.17, 15) is 24.9 Å². The van der Waals surface area contributed by atoms with E-state index in [1.807, 2.05) is 13.0 Å². The van der Waals surface area contributed by atoms with Gasteiger partial charge in [-0.25, -0.2) is 4.79 Å². The van der Waals surface area contributed by atoms with Crippen LogP contribution in [0.5, 0.6) is 0 Å². The fourth-order valence-corrected chi connectivity index (χ4v) is 10.6. The molecule has 0 bridgehead atoms. The molecule has 6 rings (SSSR count). The van der Waals surface area contributed by atoms with E-state index in [1.165, 1.54) is 6.92 Å². The van der Waals surface area contributed by atoms with Gasteiger partial charge in [-0.1, -0.05) is 33.6 Å². The highest BCUT2D eigenvalue weighted by Gasteiger charge is 2.76. The summed E-state index contributed by atoms with van der Waals surface area (Å²) in [6.07, 6.45) is 5.95. The fraction of sp³-hybridized carbons (Fsp3) is 0.857. The Morgan fingerprint density at radius 1 is 0.941 bits per heavy atom. The third kappa shape index (κ3) is 2.35. The number of ketones is 1. The summed E-state index contributed by atoms with van der Waals surface area (Å²) < 4.78 is 5.59. The molecular formula is C28H40O6. The van der Waals surface area contributed by atoms with E-state index < -0.39 is 35.1 Å². The van der Waals surface area contributed by atoms with Gasteiger partial charge in [0.25, 0.3) is 0 Å². The molecule has 0 radical (unpaired) electrons. The van der Waals surface area contributed by atoms with Crippen LogP contribution < -0.4 is 0 Å². The molecule has 13 atom stereocenters. The zero-order chi connectivity index (χ0) is 24.6. The lowest BCUT2D eigenvalue weighted by Crippen LogP contribution is -2.63. The van der Waals surface area contributed by atoms with Gasteiger partial charge in [0.1, 0.15) is 11.9 Å². The van der Waals surface area contributed by atoms with Gasteiger partial charge in [-0.3, -0.25) is 4.79 Å². The summed E-state index contributed by atoms with van der Waals surface area (Å²) in [6, 6.07) is 0. The zero-order valence-corrected chi connectivity index (χ0v) is 21.1. The van der Waals surface area contributed by atoms with Crippen molar-refractivity contribution in [2.45, 2.75) is 91.0 Å². The largest absolute Gasteiger partial charge is 0.429 e. The van der Waals surface area contributed by atoms with Crippen LogP contribution in [0.2, 0.25) is 0 Å². The number of allylic oxidation sites excluding steroid dienone is 1. The molecule has 6 nitrogen and oxygen atoms in total. The highest BCUT2D eigenvalue weighted by Crippen LogP contribution is 2.74. The Kier molecular flexibility index (Phi) is 4.60. The molecule has 34 heavy (non-hydrogen) atoms. The maximum atomic E-state index is 13.5. The Morgan fingerprint density at radius 3 is 2.35 bits per heavy atom. The van der Waals surface area contributed by atoms with E-state index in [4.69, 9.17) is 4.74 Å². The van der Waals surface area contributed by atoms with Crippen molar-refractivity contribution in [2.24, 2.45) is 57.7 Å². The summed E-state index contributed by atoms with van der Waals surface area (Å²) >= 11 is 0. The number of ether oxygens (including phenoxy) is 1. The number of hydrogen-bond donors (Lipinski definition) is 3. The molecule has 3 N–H and O–H groups in total. The number of esters is 1. The minimum absolute atomic E-state index is 0.0161. The van der Waals surface area contributed by atoms with E-state index >= 15 is 0 Å². The number of rotatable bonds is 0. The van der Waals surface area contributed by atoms with Gasteiger partial charge < -0.3 is 20.1 Å². The van der Waals surface area contributed by atoms with Crippen LogP contribution in [0.1, 0.15) is 73.1 Å². The maximum Gasteiger partial charge on any atom is 0.343 e. The number of Topliss-reactive ketones (excluding diaryl/α,β-unsaturated/α-hetero) is 1. The van der Waals surface area contributed by atoms with Crippen LogP contribution in [0, 0.1) is 57.7 Å². The number of fused-ring (bicyclic) bond motifs is 9. The van der Waals surface area contributed by atoms with Gasteiger partial charge in [0.15, 0.2) is 11.4 Å². The minimum atomic E-state index is -1.74. The first-order valence-electron chi connectivity index (χ1n) is 13.4. The predicted molar refractivity (Wildman–Crippen MR) is 124 cm³/mol. The fourth-order valence-electron chi connectivity index (χ4n) is 10.6. The zero-order valence-electron chi connectivity index (χ0n) is 21.1.